The third-order valence-corrected chi connectivity index (χ3v) is 8.70. The Hall–Kier alpha value is 0.0569. The summed E-state index contributed by atoms with van der Waals surface area (Å²) in [6, 6.07) is 0. The van der Waals surface area contributed by atoms with Gasteiger partial charge in [-0.1, -0.05) is 20.8 Å². The molecular formula is C15H32O4Si. The third-order valence-electron chi connectivity index (χ3n) is 4.17. The third kappa shape index (κ3) is 6.67. The van der Waals surface area contributed by atoms with Gasteiger partial charge in [0.2, 0.25) is 0 Å². The molecule has 0 N–H and O–H groups in total. The summed E-state index contributed by atoms with van der Waals surface area (Å²) in [5.41, 5.74) is 0. The summed E-state index contributed by atoms with van der Waals surface area (Å²) in [5, 5.41) is 0.258. The molecule has 4 nitrogen and oxygen atoms in total. The number of hydrogen-bond acceptors (Lipinski definition) is 4. The zero-order valence-corrected chi connectivity index (χ0v) is 14.9. The van der Waals surface area contributed by atoms with Gasteiger partial charge in [0.1, 0.15) is 0 Å². The molecule has 5 heteroatoms. The van der Waals surface area contributed by atoms with E-state index in [-0.39, 0.29) is 11.3 Å². The van der Waals surface area contributed by atoms with Crippen LogP contribution >= 0.6 is 0 Å². The number of rotatable bonds is 8. The highest BCUT2D eigenvalue weighted by molar-refractivity contribution is 6.74. The van der Waals surface area contributed by atoms with Crippen LogP contribution in [0.2, 0.25) is 18.1 Å². The van der Waals surface area contributed by atoms with Crippen molar-refractivity contribution in [3.63, 3.8) is 0 Å². The lowest BCUT2D eigenvalue weighted by Crippen LogP contribution is -2.41. The largest absolute Gasteiger partial charge is 0.414 e. The molecule has 1 aliphatic heterocycles. The van der Waals surface area contributed by atoms with Crippen LogP contribution < -0.4 is 0 Å². The maximum absolute atomic E-state index is 6.04. The molecule has 0 amide bonds. The molecule has 1 fully saturated rings. The summed E-state index contributed by atoms with van der Waals surface area (Å²) >= 11 is 0. The summed E-state index contributed by atoms with van der Waals surface area (Å²) in [6.07, 6.45) is 3.34. The monoisotopic (exact) mass is 304 g/mol. The van der Waals surface area contributed by atoms with E-state index in [1.807, 2.05) is 0 Å². The molecule has 0 saturated carbocycles. The normalized spacial score (nSPS) is 21.1. The van der Waals surface area contributed by atoms with Crippen molar-refractivity contribution in [3.8, 4) is 0 Å². The van der Waals surface area contributed by atoms with Crippen molar-refractivity contribution in [1.82, 2.24) is 0 Å². The van der Waals surface area contributed by atoms with Crippen LogP contribution in [0.3, 0.4) is 0 Å². The molecule has 0 aromatic rings. The van der Waals surface area contributed by atoms with E-state index in [9.17, 15) is 0 Å². The Labute approximate surface area is 125 Å². The minimum absolute atomic E-state index is 0.0177. The van der Waals surface area contributed by atoms with Gasteiger partial charge in [0.15, 0.2) is 14.6 Å². The second kappa shape index (κ2) is 8.49. The van der Waals surface area contributed by atoms with Gasteiger partial charge >= 0.3 is 0 Å². The van der Waals surface area contributed by atoms with Crippen molar-refractivity contribution in [1.29, 1.82) is 0 Å². The first-order chi connectivity index (χ1) is 9.33. The summed E-state index contributed by atoms with van der Waals surface area (Å²) in [4.78, 5) is 0. The van der Waals surface area contributed by atoms with Crippen LogP contribution in [-0.4, -0.2) is 47.6 Å². The van der Waals surface area contributed by atoms with E-state index in [0.29, 0.717) is 26.4 Å². The maximum Gasteiger partial charge on any atom is 0.192 e. The van der Waals surface area contributed by atoms with Crippen molar-refractivity contribution in [2.45, 2.75) is 64.5 Å². The van der Waals surface area contributed by atoms with Crippen LogP contribution in [0.25, 0.3) is 0 Å². The van der Waals surface area contributed by atoms with Crippen LogP contribution in [-0.2, 0) is 18.6 Å². The lowest BCUT2D eigenvalue weighted by atomic mass is 10.2. The van der Waals surface area contributed by atoms with E-state index < -0.39 is 8.32 Å². The fourth-order valence-electron chi connectivity index (χ4n) is 1.76. The number of hydrogen-bond donors (Lipinski definition) is 0. The first-order valence-electron chi connectivity index (χ1n) is 7.78. The minimum Gasteiger partial charge on any atom is -0.414 e. The molecule has 20 heavy (non-hydrogen) atoms. The lowest BCUT2D eigenvalue weighted by molar-refractivity contribution is -0.169. The van der Waals surface area contributed by atoms with Crippen LogP contribution in [0.5, 0.6) is 0 Å². The highest BCUT2D eigenvalue weighted by Crippen LogP contribution is 2.36. The molecule has 120 valence electrons. The molecule has 1 aliphatic rings. The zero-order chi connectivity index (χ0) is 15.1. The molecule has 1 heterocycles. The van der Waals surface area contributed by atoms with Crippen molar-refractivity contribution < 1.29 is 18.6 Å². The average Bonchev–Trinajstić information content (AvgIpc) is 2.37. The van der Waals surface area contributed by atoms with Gasteiger partial charge in [0, 0.05) is 6.61 Å². The predicted molar refractivity (Wildman–Crippen MR) is 83.5 cm³/mol. The Kier molecular flexibility index (Phi) is 7.68. The van der Waals surface area contributed by atoms with Crippen molar-refractivity contribution >= 4 is 8.32 Å². The van der Waals surface area contributed by atoms with E-state index in [4.69, 9.17) is 18.6 Å². The first-order valence-corrected chi connectivity index (χ1v) is 10.7. The van der Waals surface area contributed by atoms with Gasteiger partial charge in [0.05, 0.1) is 26.4 Å². The maximum atomic E-state index is 6.04. The van der Waals surface area contributed by atoms with E-state index >= 15 is 0 Å². The van der Waals surface area contributed by atoms with Gasteiger partial charge in [-0.3, -0.25) is 0 Å². The van der Waals surface area contributed by atoms with Gasteiger partial charge in [-0.15, -0.1) is 0 Å². The van der Waals surface area contributed by atoms with E-state index in [0.717, 1.165) is 19.4 Å². The van der Waals surface area contributed by atoms with Gasteiger partial charge in [-0.05, 0) is 37.4 Å². The highest BCUT2D eigenvalue weighted by atomic mass is 28.4. The van der Waals surface area contributed by atoms with Crippen LogP contribution in [0.1, 0.15) is 40.0 Å². The fourth-order valence-corrected chi connectivity index (χ4v) is 2.78. The molecule has 0 bridgehead atoms. The smallest absolute Gasteiger partial charge is 0.192 e. The second-order valence-corrected chi connectivity index (χ2v) is 11.7. The summed E-state index contributed by atoms with van der Waals surface area (Å²) in [5.74, 6) is 0. The van der Waals surface area contributed by atoms with E-state index in [1.54, 1.807) is 0 Å². The van der Waals surface area contributed by atoms with Crippen LogP contribution in [0.15, 0.2) is 0 Å². The molecule has 0 radical (unpaired) electrons. The van der Waals surface area contributed by atoms with Crippen LogP contribution in [0.4, 0.5) is 0 Å². The van der Waals surface area contributed by atoms with E-state index in [2.05, 4.69) is 33.9 Å². The van der Waals surface area contributed by atoms with Crippen LogP contribution in [0, 0.1) is 0 Å². The summed E-state index contributed by atoms with van der Waals surface area (Å²) < 4.78 is 22.7. The Morgan fingerprint density at radius 3 is 2.35 bits per heavy atom. The second-order valence-electron chi connectivity index (χ2n) is 6.89. The fraction of sp³-hybridized carbons (Fsp3) is 1.00. The van der Waals surface area contributed by atoms with Gasteiger partial charge < -0.3 is 18.6 Å². The Morgan fingerprint density at radius 2 is 1.75 bits per heavy atom. The Bertz CT molecular complexity index is 257. The molecule has 0 aromatic carbocycles. The van der Waals surface area contributed by atoms with Crippen molar-refractivity contribution in [2.75, 3.05) is 33.0 Å². The lowest BCUT2D eigenvalue weighted by Gasteiger charge is -2.36. The van der Waals surface area contributed by atoms with Gasteiger partial charge in [-0.25, -0.2) is 0 Å². The SMILES string of the molecule is CC(C)(C)[Si](C)(C)OCCOCCOC1CCCCO1. The molecule has 1 saturated heterocycles. The Morgan fingerprint density at radius 1 is 1.05 bits per heavy atom. The van der Waals surface area contributed by atoms with Gasteiger partial charge in [0.25, 0.3) is 0 Å². The molecule has 1 rings (SSSR count). The first kappa shape index (κ1) is 18.1. The Balaban J connectivity index is 1.97. The van der Waals surface area contributed by atoms with Gasteiger partial charge in [-0.2, -0.15) is 0 Å². The molecule has 0 spiro atoms. The minimum atomic E-state index is -1.63. The standard InChI is InChI=1S/C15H32O4Si/c1-15(2,3)20(4,5)19-13-11-16-10-12-18-14-8-6-7-9-17-14/h14H,6-13H2,1-5H3. The summed E-state index contributed by atoms with van der Waals surface area (Å²) in [6.45, 7) is 14.6. The quantitative estimate of drug-likeness (QED) is 0.507. The number of ether oxygens (including phenoxy) is 3. The topological polar surface area (TPSA) is 36.9 Å². The molecule has 0 aromatic heterocycles. The van der Waals surface area contributed by atoms with E-state index in [1.165, 1.54) is 6.42 Å². The molecule has 1 atom stereocenters. The van der Waals surface area contributed by atoms with Crippen molar-refractivity contribution in [3.05, 3.63) is 0 Å². The summed E-state index contributed by atoms with van der Waals surface area (Å²) in [7, 11) is -1.63. The molecule has 1 unspecified atom stereocenters. The highest BCUT2D eigenvalue weighted by Gasteiger charge is 2.36. The van der Waals surface area contributed by atoms with Crippen molar-refractivity contribution in [2.24, 2.45) is 0 Å². The zero-order valence-electron chi connectivity index (χ0n) is 13.9. The predicted octanol–water partition coefficient (Wildman–Crippen LogP) is 3.57. The molecular weight excluding hydrogens is 272 g/mol. The molecule has 0 aliphatic carbocycles. The average molecular weight is 305 g/mol.